The van der Waals surface area contributed by atoms with Crippen LogP contribution in [0.5, 0.6) is 0 Å². The van der Waals surface area contributed by atoms with Crippen molar-refractivity contribution in [3.8, 4) is 0 Å². The van der Waals surface area contributed by atoms with Gasteiger partial charge in [-0.25, -0.2) is 4.79 Å². The molecule has 1 aromatic rings. The van der Waals surface area contributed by atoms with E-state index in [-0.39, 0.29) is 6.04 Å². The molecule has 3 heteroatoms. The predicted molar refractivity (Wildman–Crippen MR) is 66.6 cm³/mol. The molecule has 1 aromatic carbocycles. The zero-order chi connectivity index (χ0) is 12.1. The molecule has 90 valence electrons. The van der Waals surface area contributed by atoms with Crippen molar-refractivity contribution in [3.05, 3.63) is 48.0 Å². The van der Waals surface area contributed by atoms with Crippen LogP contribution >= 0.6 is 0 Å². The van der Waals surface area contributed by atoms with Gasteiger partial charge in [-0.3, -0.25) is 4.90 Å². The van der Waals surface area contributed by atoms with Gasteiger partial charge >= 0.3 is 5.97 Å². The molecule has 1 saturated heterocycles. The van der Waals surface area contributed by atoms with E-state index >= 15 is 0 Å². The fourth-order valence-electron chi connectivity index (χ4n) is 2.28. The van der Waals surface area contributed by atoms with Crippen LogP contribution in [0.15, 0.2) is 42.5 Å². The molecule has 3 nitrogen and oxygen atoms in total. The quantitative estimate of drug-likeness (QED) is 0.808. The lowest BCUT2D eigenvalue weighted by Gasteiger charge is -2.21. The number of hydrogen-bond acceptors (Lipinski definition) is 2. The third kappa shape index (κ3) is 3.43. The first-order valence-corrected chi connectivity index (χ1v) is 5.95. The Morgan fingerprint density at radius 2 is 2.18 bits per heavy atom. The summed E-state index contributed by atoms with van der Waals surface area (Å²) in [5.41, 5.74) is 1.28. The summed E-state index contributed by atoms with van der Waals surface area (Å²) in [5, 5.41) is 8.64. The predicted octanol–water partition coefficient (Wildman–Crippen LogP) is 2.29. The van der Waals surface area contributed by atoms with Gasteiger partial charge < -0.3 is 5.11 Å². The minimum absolute atomic E-state index is 0.270. The normalized spacial score (nSPS) is 21.1. The van der Waals surface area contributed by atoms with Crippen molar-refractivity contribution in [2.24, 2.45) is 0 Å². The SMILES string of the molecule is O=C(O)/C=C/C1CCCN1Cc1ccccc1. The number of nitrogens with zero attached hydrogens (tertiary/aromatic N) is 1. The molecule has 17 heavy (non-hydrogen) atoms. The fourth-order valence-corrected chi connectivity index (χ4v) is 2.28. The van der Waals surface area contributed by atoms with Gasteiger partial charge in [0.05, 0.1) is 0 Å². The second-order valence-electron chi connectivity index (χ2n) is 4.36. The zero-order valence-electron chi connectivity index (χ0n) is 9.75. The molecule has 1 fully saturated rings. The van der Waals surface area contributed by atoms with Crippen LogP contribution in [0.1, 0.15) is 18.4 Å². The van der Waals surface area contributed by atoms with Crippen molar-refractivity contribution in [1.29, 1.82) is 0 Å². The van der Waals surface area contributed by atoms with E-state index in [2.05, 4.69) is 17.0 Å². The van der Waals surface area contributed by atoms with Gasteiger partial charge in [-0.1, -0.05) is 36.4 Å². The highest BCUT2D eigenvalue weighted by atomic mass is 16.4. The molecule has 0 radical (unpaired) electrons. The van der Waals surface area contributed by atoms with E-state index in [1.807, 2.05) is 18.2 Å². The zero-order valence-corrected chi connectivity index (χ0v) is 9.75. The van der Waals surface area contributed by atoms with E-state index in [4.69, 9.17) is 5.11 Å². The summed E-state index contributed by atoms with van der Waals surface area (Å²) in [4.78, 5) is 12.8. The van der Waals surface area contributed by atoms with Gasteiger partial charge in [-0.05, 0) is 24.9 Å². The molecular weight excluding hydrogens is 214 g/mol. The Kier molecular flexibility index (Phi) is 3.94. The molecule has 0 aromatic heterocycles. The van der Waals surface area contributed by atoms with Crippen molar-refractivity contribution >= 4 is 5.97 Å². The first kappa shape index (κ1) is 11.9. The Hall–Kier alpha value is -1.61. The van der Waals surface area contributed by atoms with Gasteiger partial charge in [0.15, 0.2) is 0 Å². The monoisotopic (exact) mass is 231 g/mol. The van der Waals surface area contributed by atoms with Crippen molar-refractivity contribution in [1.82, 2.24) is 4.90 Å². The molecule has 0 spiro atoms. The van der Waals surface area contributed by atoms with Crippen molar-refractivity contribution < 1.29 is 9.90 Å². The summed E-state index contributed by atoms with van der Waals surface area (Å²) in [6.45, 7) is 1.94. The Bertz CT molecular complexity index is 400. The summed E-state index contributed by atoms with van der Waals surface area (Å²) in [7, 11) is 0. The second-order valence-corrected chi connectivity index (χ2v) is 4.36. The van der Waals surface area contributed by atoms with E-state index < -0.39 is 5.97 Å². The van der Waals surface area contributed by atoms with Gasteiger partial charge in [-0.2, -0.15) is 0 Å². The highest BCUT2D eigenvalue weighted by Gasteiger charge is 2.22. The van der Waals surface area contributed by atoms with E-state index in [1.54, 1.807) is 6.08 Å². The number of benzene rings is 1. The first-order chi connectivity index (χ1) is 8.25. The molecule has 2 rings (SSSR count). The topological polar surface area (TPSA) is 40.5 Å². The van der Waals surface area contributed by atoms with Gasteiger partial charge in [-0.15, -0.1) is 0 Å². The standard InChI is InChI=1S/C14H17NO2/c16-14(17)9-8-13-7-4-10-15(13)11-12-5-2-1-3-6-12/h1-3,5-6,8-9,13H,4,7,10-11H2,(H,16,17)/b9-8+. The largest absolute Gasteiger partial charge is 0.478 e. The van der Waals surface area contributed by atoms with Crippen LogP contribution < -0.4 is 0 Å². The van der Waals surface area contributed by atoms with Gasteiger partial charge in [0.2, 0.25) is 0 Å². The van der Waals surface area contributed by atoms with E-state index in [0.29, 0.717) is 0 Å². The van der Waals surface area contributed by atoms with Crippen LogP contribution in [0.4, 0.5) is 0 Å². The maximum Gasteiger partial charge on any atom is 0.328 e. The first-order valence-electron chi connectivity index (χ1n) is 5.95. The van der Waals surface area contributed by atoms with Crippen molar-refractivity contribution in [3.63, 3.8) is 0 Å². The Balaban J connectivity index is 1.98. The molecule has 0 amide bonds. The highest BCUT2D eigenvalue weighted by molar-refractivity contribution is 5.79. The summed E-state index contributed by atoms with van der Waals surface area (Å²) in [6.07, 6.45) is 5.25. The summed E-state index contributed by atoms with van der Waals surface area (Å²) < 4.78 is 0. The smallest absolute Gasteiger partial charge is 0.328 e. The van der Waals surface area contributed by atoms with Crippen molar-refractivity contribution in [2.45, 2.75) is 25.4 Å². The molecule has 0 saturated carbocycles. The van der Waals surface area contributed by atoms with Gasteiger partial charge in [0, 0.05) is 18.7 Å². The average molecular weight is 231 g/mol. The van der Waals surface area contributed by atoms with Crippen LogP contribution in [0.25, 0.3) is 0 Å². The van der Waals surface area contributed by atoms with E-state index in [9.17, 15) is 4.79 Å². The van der Waals surface area contributed by atoms with Crippen LogP contribution in [0.3, 0.4) is 0 Å². The lowest BCUT2D eigenvalue weighted by Crippen LogP contribution is -2.27. The van der Waals surface area contributed by atoms with Crippen LogP contribution in [0, 0.1) is 0 Å². The van der Waals surface area contributed by atoms with Crippen LogP contribution in [-0.4, -0.2) is 28.6 Å². The van der Waals surface area contributed by atoms with Crippen LogP contribution in [0.2, 0.25) is 0 Å². The third-order valence-corrected chi connectivity index (χ3v) is 3.10. The number of carboxylic acid groups (broad SMARTS) is 1. The highest BCUT2D eigenvalue weighted by Crippen LogP contribution is 2.20. The molecular formula is C14H17NO2. The van der Waals surface area contributed by atoms with Crippen molar-refractivity contribution in [2.75, 3.05) is 6.54 Å². The maximum atomic E-state index is 10.5. The van der Waals surface area contributed by atoms with E-state index in [1.165, 1.54) is 11.6 Å². The lowest BCUT2D eigenvalue weighted by atomic mass is 10.1. The molecule has 1 atom stereocenters. The molecule has 1 unspecified atom stereocenters. The maximum absolute atomic E-state index is 10.5. The number of aliphatic carboxylic acids is 1. The molecule has 0 aliphatic carbocycles. The fraction of sp³-hybridized carbons (Fsp3) is 0.357. The van der Waals surface area contributed by atoms with Gasteiger partial charge in [0.1, 0.15) is 0 Å². The Labute approximate surface area is 101 Å². The Morgan fingerprint density at radius 3 is 2.88 bits per heavy atom. The molecule has 1 aliphatic rings. The summed E-state index contributed by atoms with van der Waals surface area (Å²) in [5.74, 6) is -0.864. The molecule has 1 N–H and O–H groups in total. The Morgan fingerprint density at radius 1 is 1.41 bits per heavy atom. The minimum Gasteiger partial charge on any atom is -0.478 e. The second kappa shape index (κ2) is 5.64. The number of rotatable bonds is 4. The minimum atomic E-state index is -0.864. The van der Waals surface area contributed by atoms with Crippen LogP contribution in [-0.2, 0) is 11.3 Å². The summed E-state index contributed by atoms with van der Waals surface area (Å²) in [6, 6.07) is 10.6. The lowest BCUT2D eigenvalue weighted by molar-refractivity contribution is -0.131. The summed E-state index contributed by atoms with van der Waals surface area (Å²) >= 11 is 0. The average Bonchev–Trinajstić information content (AvgIpc) is 2.75. The molecule has 0 bridgehead atoms. The third-order valence-electron chi connectivity index (χ3n) is 3.10. The molecule has 1 heterocycles. The number of carboxylic acids is 1. The number of carbonyl (C=O) groups is 1. The van der Waals surface area contributed by atoms with Gasteiger partial charge in [0.25, 0.3) is 0 Å². The molecule has 1 aliphatic heterocycles. The number of hydrogen-bond donors (Lipinski definition) is 1. The van der Waals surface area contributed by atoms with E-state index in [0.717, 1.165) is 25.9 Å². The number of likely N-dealkylation sites (tertiary alicyclic amines) is 1.